The highest BCUT2D eigenvalue weighted by Crippen LogP contribution is 2.25. The minimum absolute atomic E-state index is 0.0787. The molecule has 1 amide bonds. The van der Waals surface area contributed by atoms with Gasteiger partial charge in [-0.1, -0.05) is 18.2 Å². The highest BCUT2D eigenvalue weighted by Gasteiger charge is 2.26. The SMILES string of the molecule is CCN(c1ccccc1)S(=O)(=O)c1ccc(N2CCC(N(C)C(C)=O)CC2)nc1. The minimum atomic E-state index is -3.67. The van der Waals surface area contributed by atoms with Crippen molar-refractivity contribution in [3.05, 3.63) is 48.7 Å². The molecule has 1 aromatic carbocycles. The van der Waals surface area contributed by atoms with Gasteiger partial charge in [-0.05, 0) is 44.0 Å². The molecule has 8 heteroatoms. The van der Waals surface area contributed by atoms with Crippen LogP contribution in [0.15, 0.2) is 53.6 Å². The zero-order valence-corrected chi connectivity index (χ0v) is 18.0. The van der Waals surface area contributed by atoms with Gasteiger partial charge in [0.15, 0.2) is 0 Å². The van der Waals surface area contributed by atoms with Crippen LogP contribution in [0, 0.1) is 0 Å². The normalized spacial score (nSPS) is 15.2. The number of sulfonamides is 1. The number of rotatable bonds is 6. The summed E-state index contributed by atoms with van der Waals surface area (Å²) in [5.41, 5.74) is 0.635. The van der Waals surface area contributed by atoms with Gasteiger partial charge in [-0.25, -0.2) is 13.4 Å². The van der Waals surface area contributed by atoms with E-state index in [-0.39, 0.29) is 16.8 Å². The summed E-state index contributed by atoms with van der Waals surface area (Å²) >= 11 is 0. The summed E-state index contributed by atoms with van der Waals surface area (Å²) in [6.07, 6.45) is 3.18. The van der Waals surface area contributed by atoms with Crippen molar-refractivity contribution in [1.82, 2.24) is 9.88 Å². The predicted octanol–water partition coefficient (Wildman–Crippen LogP) is 2.74. The Kier molecular flexibility index (Phi) is 6.42. The molecule has 29 heavy (non-hydrogen) atoms. The lowest BCUT2D eigenvalue weighted by atomic mass is 10.0. The summed E-state index contributed by atoms with van der Waals surface area (Å²) in [6, 6.07) is 12.7. The van der Waals surface area contributed by atoms with Crippen LogP contribution < -0.4 is 9.21 Å². The molecule has 0 unspecified atom stereocenters. The van der Waals surface area contributed by atoms with E-state index in [9.17, 15) is 13.2 Å². The highest BCUT2D eigenvalue weighted by atomic mass is 32.2. The molecule has 7 nitrogen and oxygen atoms in total. The Labute approximate surface area is 173 Å². The largest absolute Gasteiger partial charge is 0.356 e. The third-order valence-electron chi connectivity index (χ3n) is 5.47. The number of amides is 1. The van der Waals surface area contributed by atoms with E-state index in [1.807, 2.05) is 32.2 Å². The number of hydrogen-bond acceptors (Lipinski definition) is 5. The quantitative estimate of drug-likeness (QED) is 0.724. The molecule has 0 saturated carbocycles. The van der Waals surface area contributed by atoms with Gasteiger partial charge in [0.1, 0.15) is 10.7 Å². The Morgan fingerprint density at radius 1 is 1.14 bits per heavy atom. The molecule has 1 saturated heterocycles. The standard InChI is InChI=1S/C21H28N4O3S/c1-4-25(19-8-6-5-7-9-19)29(27,28)20-10-11-21(22-16-20)24-14-12-18(13-15-24)23(3)17(2)26/h5-11,16,18H,4,12-15H2,1-3H3. The van der Waals surface area contributed by atoms with E-state index in [0.717, 1.165) is 31.7 Å². The number of piperidine rings is 1. The van der Waals surface area contributed by atoms with Gasteiger partial charge < -0.3 is 9.80 Å². The lowest BCUT2D eigenvalue weighted by molar-refractivity contribution is -0.129. The average Bonchev–Trinajstić information content (AvgIpc) is 2.74. The zero-order chi connectivity index (χ0) is 21.0. The van der Waals surface area contributed by atoms with Crippen molar-refractivity contribution in [1.29, 1.82) is 0 Å². The summed E-state index contributed by atoms with van der Waals surface area (Å²) in [6.45, 7) is 5.31. The van der Waals surface area contributed by atoms with E-state index >= 15 is 0 Å². The maximum absolute atomic E-state index is 13.1. The first-order valence-corrected chi connectivity index (χ1v) is 11.3. The first-order chi connectivity index (χ1) is 13.8. The van der Waals surface area contributed by atoms with Gasteiger partial charge in [0, 0.05) is 45.8 Å². The van der Waals surface area contributed by atoms with Gasteiger partial charge in [-0.3, -0.25) is 9.10 Å². The first-order valence-electron chi connectivity index (χ1n) is 9.86. The van der Waals surface area contributed by atoms with Crippen molar-refractivity contribution in [3.8, 4) is 0 Å². The second-order valence-electron chi connectivity index (χ2n) is 7.21. The second-order valence-corrected chi connectivity index (χ2v) is 9.07. The molecule has 0 atom stereocenters. The number of aromatic nitrogens is 1. The van der Waals surface area contributed by atoms with Crippen LogP contribution in [0.3, 0.4) is 0 Å². The van der Waals surface area contributed by atoms with Crippen molar-refractivity contribution >= 4 is 27.4 Å². The average molecular weight is 417 g/mol. The molecule has 1 aliphatic heterocycles. The van der Waals surface area contributed by atoms with Gasteiger partial charge in [0.25, 0.3) is 10.0 Å². The van der Waals surface area contributed by atoms with Gasteiger partial charge in [-0.15, -0.1) is 0 Å². The van der Waals surface area contributed by atoms with E-state index in [0.29, 0.717) is 12.2 Å². The van der Waals surface area contributed by atoms with E-state index in [1.54, 1.807) is 36.1 Å². The van der Waals surface area contributed by atoms with Crippen molar-refractivity contribution in [2.24, 2.45) is 0 Å². The predicted molar refractivity (Wildman–Crippen MR) is 115 cm³/mol. The molecule has 0 spiro atoms. The number of pyridine rings is 1. The van der Waals surface area contributed by atoms with Gasteiger partial charge in [0.05, 0.1) is 5.69 Å². The van der Waals surface area contributed by atoms with E-state index in [4.69, 9.17) is 0 Å². The van der Waals surface area contributed by atoms with Crippen molar-refractivity contribution in [2.75, 3.05) is 35.9 Å². The fourth-order valence-corrected chi connectivity index (χ4v) is 5.08. The highest BCUT2D eigenvalue weighted by molar-refractivity contribution is 7.92. The lowest BCUT2D eigenvalue weighted by Crippen LogP contribution is -2.45. The van der Waals surface area contributed by atoms with Crippen LogP contribution in [0.1, 0.15) is 26.7 Å². The fourth-order valence-electron chi connectivity index (χ4n) is 3.66. The van der Waals surface area contributed by atoms with Crippen LogP contribution in [0.2, 0.25) is 0 Å². The zero-order valence-electron chi connectivity index (χ0n) is 17.2. The van der Waals surface area contributed by atoms with Crippen molar-refractivity contribution in [3.63, 3.8) is 0 Å². The van der Waals surface area contributed by atoms with Crippen LogP contribution in [-0.4, -0.2) is 56.9 Å². The topological polar surface area (TPSA) is 73.8 Å². The number of benzene rings is 1. The molecule has 1 fully saturated rings. The van der Waals surface area contributed by atoms with Crippen LogP contribution in [0.4, 0.5) is 11.5 Å². The Balaban J connectivity index is 1.72. The third-order valence-corrected chi connectivity index (χ3v) is 7.36. The fraction of sp³-hybridized carbons (Fsp3) is 0.429. The summed E-state index contributed by atoms with van der Waals surface area (Å²) in [5, 5.41) is 0. The molecule has 0 N–H and O–H groups in total. The Morgan fingerprint density at radius 3 is 2.31 bits per heavy atom. The number of nitrogens with zero attached hydrogens (tertiary/aromatic N) is 4. The molecule has 0 radical (unpaired) electrons. The molecule has 0 bridgehead atoms. The van der Waals surface area contributed by atoms with Gasteiger partial charge in [0.2, 0.25) is 5.91 Å². The lowest BCUT2D eigenvalue weighted by Gasteiger charge is -2.37. The summed E-state index contributed by atoms with van der Waals surface area (Å²) in [4.78, 5) is 20.1. The number of anilines is 2. The summed E-state index contributed by atoms with van der Waals surface area (Å²) in [7, 11) is -1.83. The maximum Gasteiger partial charge on any atom is 0.265 e. The Bertz CT molecular complexity index is 924. The maximum atomic E-state index is 13.1. The second kappa shape index (κ2) is 8.82. The third kappa shape index (κ3) is 4.53. The van der Waals surface area contributed by atoms with Gasteiger partial charge >= 0.3 is 0 Å². The molecule has 2 aromatic rings. The van der Waals surface area contributed by atoms with Gasteiger partial charge in [-0.2, -0.15) is 0 Å². The molecule has 0 aliphatic carbocycles. The van der Waals surface area contributed by atoms with Crippen LogP contribution >= 0.6 is 0 Å². The number of hydrogen-bond donors (Lipinski definition) is 0. The van der Waals surface area contributed by atoms with E-state index in [2.05, 4.69) is 9.88 Å². The molecule has 2 heterocycles. The van der Waals surface area contributed by atoms with E-state index in [1.165, 1.54) is 10.5 Å². The molecule has 1 aromatic heterocycles. The molecule has 1 aliphatic rings. The Hall–Kier alpha value is -2.61. The van der Waals surface area contributed by atoms with Crippen molar-refractivity contribution < 1.29 is 13.2 Å². The monoisotopic (exact) mass is 416 g/mol. The smallest absolute Gasteiger partial charge is 0.265 e. The summed E-state index contributed by atoms with van der Waals surface area (Å²) < 4.78 is 27.5. The Morgan fingerprint density at radius 2 is 1.79 bits per heavy atom. The molecule has 156 valence electrons. The van der Waals surface area contributed by atoms with E-state index < -0.39 is 10.0 Å². The molecule has 3 rings (SSSR count). The van der Waals surface area contributed by atoms with Crippen LogP contribution in [0.5, 0.6) is 0 Å². The van der Waals surface area contributed by atoms with Crippen molar-refractivity contribution in [2.45, 2.75) is 37.6 Å². The van der Waals surface area contributed by atoms with Crippen LogP contribution in [0.25, 0.3) is 0 Å². The number of carbonyl (C=O) groups is 1. The first kappa shape index (κ1) is 21.1. The molecular weight excluding hydrogens is 388 g/mol. The minimum Gasteiger partial charge on any atom is -0.356 e. The number of carbonyl (C=O) groups excluding carboxylic acids is 1. The number of para-hydroxylation sites is 1. The van der Waals surface area contributed by atoms with Crippen LogP contribution in [-0.2, 0) is 14.8 Å². The summed E-state index contributed by atoms with van der Waals surface area (Å²) in [5.74, 6) is 0.839. The molecular formula is C21H28N4O3S.